The van der Waals surface area contributed by atoms with Gasteiger partial charge in [0.1, 0.15) is 5.60 Å². The summed E-state index contributed by atoms with van der Waals surface area (Å²) in [5, 5.41) is 19.2. The third kappa shape index (κ3) is 2.21. The molecule has 1 saturated heterocycles. The Morgan fingerprint density at radius 3 is 2.50 bits per heavy atom. The molecule has 1 saturated carbocycles. The lowest BCUT2D eigenvalue weighted by Gasteiger charge is -2.25. The van der Waals surface area contributed by atoms with Gasteiger partial charge in [0.15, 0.2) is 15.6 Å². The molecule has 1 aromatic carbocycles. The Morgan fingerprint density at radius 1 is 1.32 bits per heavy atom. The number of aliphatic hydroxyl groups is 2. The van der Waals surface area contributed by atoms with Gasteiger partial charge in [-0.25, -0.2) is 8.42 Å². The van der Waals surface area contributed by atoms with Gasteiger partial charge >= 0.3 is 0 Å². The van der Waals surface area contributed by atoms with Crippen LogP contribution >= 0.6 is 0 Å². The highest BCUT2D eigenvalue weighted by Gasteiger charge is 2.62. The maximum absolute atomic E-state index is 12.4. The summed E-state index contributed by atoms with van der Waals surface area (Å²) in [6.07, 6.45) is 0.490. The van der Waals surface area contributed by atoms with Crippen LogP contribution in [-0.2, 0) is 21.2 Å². The van der Waals surface area contributed by atoms with Crippen LogP contribution < -0.4 is 0 Å². The van der Waals surface area contributed by atoms with Crippen LogP contribution in [0.4, 0.5) is 0 Å². The van der Waals surface area contributed by atoms with Crippen LogP contribution in [-0.4, -0.2) is 41.0 Å². The fraction of sp³-hybridized carbons (Fsp3) is 0.562. The van der Waals surface area contributed by atoms with E-state index in [1.807, 2.05) is 0 Å². The second-order valence-corrected chi connectivity index (χ2v) is 8.70. The zero-order valence-electron chi connectivity index (χ0n) is 12.4. The van der Waals surface area contributed by atoms with Crippen molar-refractivity contribution in [1.82, 2.24) is 0 Å². The van der Waals surface area contributed by atoms with Crippen LogP contribution in [0, 0.1) is 5.92 Å². The third-order valence-electron chi connectivity index (χ3n) is 5.27. The van der Waals surface area contributed by atoms with E-state index in [1.165, 1.54) is 6.92 Å². The molecule has 2 aliphatic rings. The van der Waals surface area contributed by atoms with E-state index in [2.05, 4.69) is 0 Å². The lowest BCUT2D eigenvalue weighted by atomic mass is 9.85. The Bertz CT molecular complexity index is 694. The molecule has 2 N–H and O–H groups in total. The maximum Gasteiger partial charge on any atom is 0.161 e. The van der Waals surface area contributed by atoms with Crippen LogP contribution in [0.15, 0.2) is 24.3 Å². The van der Waals surface area contributed by atoms with Gasteiger partial charge in [0.2, 0.25) is 0 Å². The molecule has 0 amide bonds. The fourth-order valence-corrected chi connectivity index (χ4v) is 6.54. The van der Waals surface area contributed by atoms with Crippen molar-refractivity contribution in [3.05, 3.63) is 35.4 Å². The van der Waals surface area contributed by atoms with Crippen molar-refractivity contribution >= 4 is 15.6 Å². The standard InChI is InChI=1S/C16H20O5S/c1-10(18)16(19)8-13(12-4-2-11(9-17)3-5-12)15-14(16)6-7-22(15,20)21/h2-5,13-15,17,19H,6-9H2,1H3/t13-,14-,15-,16-/m0/s1. The average molecular weight is 324 g/mol. The number of benzene rings is 1. The summed E-state index contributed by atoms with van der Waals surface area (Å²) in [7, 11) is -3.30. The number of carbonyl (C=O) groups is 1. The number of ketones is 1. The van der Waals surface area contributed by atoms with Gasteiger partial charge in [-0.1, -0.05) is 24.3 Å². The Hall–Kier alpha value is -1.24. The van der Waals surface area contributed by atoms with Gasteiger partial charge in [0, 0.05) is 11.8 Å². The first-order valence-electron chi connectivity index (χ1n) is 7.44. The van der Waals surface area contributed by atoms with Crippen LogP contribution in [0.3, 0.4) is 0 Å². The summed E-state index contributed by atoms with van der Waals surface area (Å²) in [6.45, 7) is 1.26. The first-order valence-corrected chi connectivity index (χ1v) is 9.16. The number of sulfone groups is 1. The smallest absolute Gasteiger partial charge is 0.161 e. The molecular formula is C16H20O5S. The largest absolute Gasteiger partial charge is 0.392 e. The average Bonchev–Trinajstić information content (AvgIpc) is 2.97. The Kier molecular flexibility index (Phi) is 3.66. The molecule has 6 heteroatoms. The molecule has 1 aromatic rings. The molecule has 0 bridgehead atoms. The quantitative estimate of drug-likeness (QED) is 0.858. The number of hydrogen-bond donors (Lipinski definition) is 2. The molecule has 120 valence electrons. The molecule has 5 nitrogen and oxygen atoms in total. The Morgan fingerprint density at radius 2 is 1.95 bits per heavy atom. The second kappa shape index (κ2) is 5.15. The van der Waals surface area contributed by atoms with E-state index in [4.69, 9.17) is 5.11 Å². The second-order valence-electron chi connectivity index (χ2n) is 6.42. The van der Waals surface area contributed by atoms with Crippen LogP contribution in [0.5, 0.6) is 0 Å². The van der Waals surface area contributed by atoms with E-state index >= 15 is 0 Å². The van der Waals surface area contributed by atoms with Gasteiger partial charge in [0.05, 0.1) is 17.6 Å². The van der Waals surface area contributed by atoms with E-state index < -0.39 is 26.6 Å². The molecule has 0 radical (unpaired) electrons. The maximum atomic E-state index is 12.4. The van der Waals surface area contributed by atoms with Crippen molar-refractivity contribution < 1.29 is 23.4 Å². The predicted octanol–water partition coefficient (Wildman–Crippen LogP) is 0.790. The number of hydrogen-bond acceptors (Lipinski definition) is 5. The molecule has 4 atom stereocenters. The molecule has 3 rings (SSSR count). The molecule has 0 unspecified atom stereocenters. The summed E-state index contributed by atoms with van der Waals surface area (Å²) in [4.78, 5) is 11.9. The Balaban J connectivity index is 2.04. The van der Waals surface area contributed by atoms with Crippen LogP contribution in [0.25, 0.3) is 0 Å². The normalized spacial score (nSPS) is 36.2. The predicted molar refractivity (Wildman–Crippen MR) is 81.0 cm³/mol. The lowest BCUT2D eigenvalue weighted by Crippen LogP contribution is -2.42. The number of carbonyl (C=O) groups excluding carboxylic acids is 1. The first kappa shape index (κ1) is 15.6. The molecule has 1 heterocycles. The zero-order valence-corrected chi connectivity index (χ0v) is 13.2. The number of rotatable bonds is 3. The van der Waals surface area contributed by atoms with Gasteiger partial charge in [-0.3, -0.25) is 4.79 Å². The summed E-state index contributed by atoms with van der Waals surface area (Å²) >= 11 is 0. The minimum atomic E-state index is -3.30. The molecule has 1 aliphatic carbocycles. The highest BCUT2D eigenvalue weighted by molar-refractivity contribution is 7.92. The number of Topliss-reactive ketones (excluding diaryl/α,β-unsaturated/α-hetero) is 1. The summed E-state index contributed by atoms with van der Waals surface area (Å²) in [5.74, 6) is -1.21. The van der Waals surface area contributed by atoms with Gasteiger partial charge in [-0.05, 0) is 30.9 Å². The lowest BCUT2D eigenvalue weighted by molar-refractivity contribution is -0.138. The van der Waals surface area contributed by atoms with E-state index in [0.717, 1.165) is 11.1 Å². The van der Waals surface area contributed by atoms with Gasteiger partial charge in [-0.15, -0.1) is 0 Å². The minimum absolute atomic E-state index is 0.0309. The molecule has 0 aromatic heterocycles. The SMILES string of the molecule is CC(=O)[C@@]1(O)C[C@@H](c2ccc(CO)cc2)[C@H]2[C@@H]1CCS2(=O)=O. The summed E-state index contributed by atoms with van der Waals surface area (Å²) in [6, 6.07) is 7.06. The van der Waals surface area contributed by atoms with Crippen LogP contribution in [0.1, 0.15) is 36.8 Å². The van der Waals surface area contributed by atoms with E-state index in [-0.39, 0.29) is 30.5 Å². The van der Waals surface area contributed by atoms with E-state index in [9.17, 15) is 18.3 Å². The first-order chi connectivity index (χ1) is 10.3. The minimum Gasteiger partial charge on any atom is -0.392 e. The van der Waals surface area contributed by atoms with Crippen molar-refractivity contribution in [2.75, 3.05) is 5.75 Å². The number of fused-ring (bicyclic) bond motifs is 1. The van der Waals surface area contributed by atoms with E-state index in [1.54, 1.807) is 24.3 Å². The van der Waals surface area contributed by atoms with Crippen molar-refractivity contribution in [3.63, 3.8) is 0 Å². The highest BCUT2D eigenvalue weighted by Crippen LogP contribution is 2.53. The molecule has 1 aliphatic heterocycles. The van der Waals surface area contributed by atoms with Crippen LogP contribution in [0.2, 0.25) is 0 Å². The number of aliphatic hydroxyl groups excluding tert-OH is 1. The molecular weight excluding hydrogens is 304 g/mol. The molecule has 22 heavy (non-hydrogen) atoms. The third-order valence-corrected chi connectivity index (χ3v) is 7.56. The highest BCUT2D eigenvalue weighted by atomic mass is 32.2. The van der Waals surface area contributed by atoms with E-state index in [0.29, 0.717) is 6.42 Å². The Labute approximate surface area is 129 Å². The topological polar surface area (TPSA) is 91.7 Å². The van der Waals surface area contributed by atoms with Crippen molar-refractivity contribution in [2.24, 2.45) is 5.92 Å². The molecule has 2 fully saturated rings. The summed E-state index contributed by atoms with van der Waals surface area (Å²) < 4.78 is 24.8. The zero-order chi connectivity index (χ0) is 16.1. The van der Waals surface area contributed by atoms with Gasteiger partial charge in [0.25, 0.3) is 0 Å². The monoisotopic (exact) mass is 324 g/mol. The van der Waals surface area contributed by atoms with Crippen molar-refractivity contribution in [2.45, 2.75) is 43.1 Å². The molecule has 0 spiro atoms. The van der Waals surface area contributed by atoms with Crippen molar-refractivity contribution in [3.8, 4) is 0 Å². The van der Waals surface area contributed by atoms with Gasteiger partial charge < -0.3 is 10.2 Å². The van der Waals surface area contributed by atoms with Crippen molar-refractivity contribution in [1.29, 1.82) is 0 Å². The van der Waals surface area contributed by atoms with Gasteiger partial charge in [-0.2, -0.15) is 0 Å². The fourth-order valence-electron chi connectivity index (χ4n) is 4.07. The summed E-state index contributed by atoms with van der Waals surface area (Å²) in [5.41, 5.74) is -0.00146.